The second kappa shape index (κ2) is 10.9. The van der Waals surface area contributed by atoms with Gasteiger partial charge in [0.2, 0.25) is 0 Å². The standard InChI is InChI=1S/C20H33NOS/c1-6-7-8-18(15-21(4)5)20(22)17-9-11-19(12-10-17)23-14-13-16(2)3/h9-12,16,18H,6-8,13-15H2,1-5H3. The van der Waals surface area contributed by atoms with E-state index in [4.69, 9.17) is 0 Å². The lowest BCUT2D eigenvalue weighted by Gasteiger charge is -2.20. The summed E-state index contributed by atoms with van der Waals surface area (Å²) in [5.74, 6) is 2.30. The first-order valence-corrected chi connectivity index (χ1v) is 9.84. The van der Waals surface area contributed by atoms with Crippen LogP contribution in [0.25, 0.3) is 0 Å². The predicted molar refractivity (Wildman–Crippen MR) is 103 cm³/mol. The normalized spacial score (nSPS) is 12.8. The van der Waals surface area contributed by atoms with E-state index in [1.807, 2.05) is 38.0 Å². The number of unbranched alkanes of at least 4 members (excludes halogenated alkanes) is 1. The SMILES string of the molecule is CCCCC(CN(C)C)C(=O)c1ccc(SCCC(C)C)cc1. The molecule has 23 heavy (non-hydrogen) atoms. The van der Waals surface area contributed by atoms with Crippen molar-refractivity contribution in [1.29, 1.82) is 0 Å². The smallest absolute Gasteiger partial charge is 0.167 e. The number of ketones is 1. The molecule has 0 saturated heterocycles. The molecule has 3 heteroatoms. The summed E-state index contributed by atoms with van der Waals surface area (Å²) >= 11 is 1.88. The number of carbonyl (C=O) groups is 1. The number of nitrogens with zero attached hydrogens (tertiary/aromatic N) is 1. The third-order valence-electron chi connectivity index (χ3n) is 3.97. The highest BCUT2D eigenvalue weighted by atomic mass is 32.2. The number of carbonyl (C=O) groups excluding carboxylic acids is 1. The van der Waals surface area contributed by atoms with Gasteiger partial charge in [-0.2, -0.15) is 0 Å². The maximum atomic E-state index is 12.8. The minimum atomic E-state index is 0.115. The van der Waals surface area contributed by atoms with Gasteiger partial charge in [0.05, 0.1) is 0 Å². The van der Waals surface area contributed by atoms with Gasteiger partial charge in [0.1, 0.15) is 0 Å². The van der Waals surface area contributed by atoms with E-state index < -0.39 is 0 Å². The van der Waals surface area contributed by atoms with Crippen molar-refractivity contribution in [2.45, 2.75) is 51.3 Å². The summed E-state index contributed by atoms with van der Waals surface area (Å²) in [5, 5.41) is 0. The first-order valence-electron chi connectivity index (χ1n) is 8.85. The quantitative estimate of drug-likeness (QED) is 0.400. The van der Waals surface area contributed by atoms with Crippen molar-refractivity contribution in [3.8, 4) is 0 Å². The fourth-order valence-electron chi connectivity index (χ4n) is 2.56. The van der Waals surface area contributed by atoms with E-state index >= 15 is 0 Å². The van der Waals surface area contributed by atoms with Gasteiger partial charge >= 0.3 is 0 Å². The maximum absolute atomic E-state index is 12.8. The minimum absolute atomic E-state index is 0.115. The number of hydrogen-bond acceptors (Lipinski definition) is 3. The van der Waals surface area contributed by atoms with Crippen LogP contribution in [-0.2, 0) is 0 Å². The third-order valence-corrected chi connectivity index (χ3v) is 5.01. The van der Waals surface area contributed by atoms with Crippen LogP contribution >= 0.6 is 11.8 Å². The zero-order chi connectivity index (χ0) is 17.2. The van der Waals surface area contributed by atoms with E-state index in [1.54, 1.807) is 0 Å². The second-order valence-corrected chi connectivity index (χ2v) is 8.19. The monoisotopic (exact) mass is 335 g/mol. The van der Waals surface area contributed by atoms with Crippen molar-refractivity contribution in [3.05, 3.63) is 29.8 Å². The van der Waals surface area contributed by atoms with Crippen LogP contribution in [0.3, 0.4) is 0 Å². The molecule has 0 heterocycles. The molecule has 0 bridgehead atoms. The lowest BCUT2D eigenvalue weighted by Crippen LogP contribution is -2.28. The Morgan fingerprint density at radius 1 is 1.13 bits per heavy atom. The largest absolute Gasteiger partial charge is 0.309 e. The Balaban J connectivity index is 2.65. The molecule has 1 unspecified atom stereocenters. The first-order chi connectivity index (χ1) is 10.9. The summed E-state index contributed by atoms with van der Waals surface area (Å²) in [5.41, 5.74) is 0.862. The van der Waals surface area contributed by atoms with Crippen molar-refractivity contribution in [2.24, 2.45) is 11.8 Å². The molecule has 0 aromatic heterocycles. The molecule has 0 aliphatic carbocycles. The van der Waals surface area contributed by atoms with Crippen LogP contribution in [0.5, 0.6) is 0 Å². The highest BCUT2D eigenvalue weighted by Gasteiger charge is 2.20. The molecule has 0 N–H and O–H groups in total. The Morgan fingerprint density at radius 2 is 1.78 bits per heavy atom. The molecule has 1 aromatic carbocycles. The number of benzene rings is 1. The summed E-state index contributed by atoms with van der Waals surface area (Å²) in [7, 11) is 4.08. The fourth-order valence-corrected chi connectivity index (χ4v) is 3.71. The van der Waals surface area contributed by atoms with Gasteiger partial charge in [-0.1, -0.05) is 45.7 Å². The van der Waals surface area contributed by atoms with Crippen molar-refractivity contribution in [3.63, 3.8) is 0 Å². The van der Waals surface area contributed by atoms with Gasteiger partial charge in [-0.15, -0.1) is 11.8 Å². The van der Waals surface area contributed by atoms with E-state index in [1.165, 1.54) is 11.3 Å². The summed E-state index contributed by atoms with van der Waals surface area (Å²) in [6, 6.07) is 8.22. The van der Waals surface area contributed by atoms with Crippen molar-refractivity contribution < 1.29 is 4.79 Å². The van der Waals surface area contributed by atoms with Crippen LogP contribution in [0, 0.1) is 11.8 Å². The van der Waals surface area contributed by atoms with Gasteiger partial charge < -0.3 is 4.90 Å². The minimum Gasteiger partial charge on any atom is -0.309 e. The number of thioether (sulfide) groups is 1. The van der Waals surface area contributed by atoms with Gasteiger partial charge in [-0.3, -0.25) is 4.79 Å². The first kappa shape index (κ1) is 20.2. The molecule has 0 aliphatic heterocycles. The van der Waals surface area contributed by atoms with Crippen LogP contribution in [-0.4, -0.2) is 37.1 Å². The molecule has 1 atom stereocenters. The molecular formula is C20H33NOS. The second-order valence-electron chi connectivity index (χ2n) is 7.02. The molecule has 1 rings (SSSR count). The Hall–Kier alpha value is -0.800. The molecule has 0 amide bonds. The average molecular weight is 336 g/mol. The van der Waals surface area contributed by atoms with E-state index in [0.717, 1.165) is 43.0 Å². The van der Waals surface area contributed by atoms with Gasteiger partial charge in [-0.25, -0.2) is 0 Å². The lowest BCUT2D eigenvalue weighted by molar-refractivity contribution is 0.0887. The number of Topliss-reactive ketones (excluding diaryl/α,β-unsaturated/α-hetero) is 1. The van der Waals surface area contributed by atoms with Crippen molar-refractivity contribution >= 4 is 17.5 Å². The molecular weight excluding hydrogens is 302 g/mol. The number of hydrogen-bond donors (Lipinski definition) is 0. The van der Waals surface area contributed by atoms with Gasteiger partial charge in [-0.05, 0) is 50.7 Å². The Bertz CT molecular complexity index is 453. The fraction of sp³-hybridized carbons (Fsp3) is 0.650. The van der Waals surface area contributed by atoms with Gasteiger partial charge in [0.15, 0.2) is 5.78 Å². The zero-order valence-electron chi connectivity index (χ0n) is 15.5. The van der Waals surface area contributed by atoms with Crippen LogP contribution in [0.4, 0.5) is 0 Å². The van der Waals surface area contributed by atoms with E-state index in [-0.39, 0.29) is 5.92 Å². The number of rotatable bonds is 11. The van der Waals surface area contributed by atoms with Crippen LogP contribution < -0.4 is 0 Å². The summed E-state index contributed by atoms with van der Waals surface area (Å²) in [4.78, 5) is 16.2. The summed E-state index contributed by atoms with van der Waals surface area (Å²) in [6.45, 7) is 7.52. The Kier molecular flexibility index (Phi) is 9.57. The van der Waals surface area contributed by atoms with Gasteiger partial charge in [0, 0.05) is 22.9 Å². The van der Waals surface area contributed by atoms with E-state index in [9.17, 15) is 4.79 Å². The zero-order valence-corrected chi connectivity index (χ0v) is 16.3. The summed E-state index contributed by atoms with van der Waals surface area (Å²) in [6.07, 6.45) is 4.47. The Labute approximate surface area is 147 Å². The van der Waals surface area contributed by atoms with Crippen molar-refractivity contribution in [1.82, 2.24) is 4.90 Å². The molecule has 2 nitrogen and oxygen atoms in total. The average Bonchev–Trinajstić information content (AvgIpc) is 2.50. The maximum Gasteiger partial charge on any atom is 0.167 e. The third kappa shape index (κ3) is 8.03. The van der Waals surface area contributed by atoms with Crippen molar-refractivity contribution in [2.75, 3.05) is 26.4 Å². The van der Waals surface area contributed by atoms with Crippen LogP contribution in [0.15, 0.2) is 29.2 Å². The molecule has 130 valence electrons. The molecule has 1 aromatic rings. The summed E-state index contributed by atoms with van der Waals surface area (Å²) < 4.78 is 0. The van der Waals surface area contributed by atoms with Gasteiger partial charge in [0.25, 0.3) is 0 Å². The van der Waals surface area contributed by atoms with E-state index in [0.29, 0.717) is 5.78 Å². The molecule has 0 spiro atoms. The highest BCUT2D eigenvalue weighted by Crippen LogP contribution is 2.23. The predicted octanol–water partition coefficient (Wildman–Crippen LogP) is 5.38. The molecule has 0 fully saturated rings. The van der Waals surface area contributed by atoms with Crippen LogP contribution in [0.1, 0.15) is 56.8 Å². The van der Waals surface area contributed by atoms with Crippen LogP contribution in [0.2, 0.25) is 0 Å². The molecule has 0 saturated carbocycles. The highest BCUT2D eigenvalue weighted by molar-refractivity contribution is 7.99. The molecule has 0 aliphatic rings. The Morgan fingerprint density at radius 3 is 2.30 bits per heavy atom. The lowest BCUT2D eigenvalue weighted by atomic mass is 9.92. The molecule has 0 radical (unpaired) electrons. The van der Waals surface area contributed by atoms with E-state index in [2.05, 4.69) is 37.8 Å². The topological polar surface area (TPSA) is 20.3 Å².